The molecule has 31 heavy (non-hydrogen) atoms. The number of benzene rings is 2. The number of carbonyl (C=O) groups excluding carboxylic acids is 1. The van der Waals surface area contributed by atoms with E-state index >= 15 is 0 Å². The molecule has 3 aromatic heterocycles. The first kappa shape index (κ1) is 19.3. The second-order valence-electron chi connectivity index (χ2n) is 6.68. The maximum atomic E-state index is 12.8. The van der Waals surface area contributed by atoms with E-state index < -0.39 is 0 Å². The lowest BCUT2D eigenvalue weighted by molar-refractivity contribution is 0.102. The van der Waals surface area contributed by atoms with E-state index in [0.717, 1.165) is 21.0 Å². The van der Waals surface area contributed by atoms with E-state index in [-0.39, 0.29) is 5.91 Å². The zero-order chi connectivity index (χ0) is 21.0. The fourth-order valence-corrected chi connectivity index (χ4v) is 4.52. The van der Waals surface area contributed by atoms with E-state index in [1.54, 1.807) is 16.7 Å². The first-order valence-electron chi connectivity index (χ1n) is 9.53. The molecule has 1 N–H and O–H groups in total. The van der Waals surface area contributed by atoms with Crippen LogP contribution in [0.25, 0.3) is 21.3 Å². The third-order valence-corrected chi connectivity index (χ3v) is 6.33. The standard InChI is InChI=1S/C23H16N4O2S2/c28-22(18-14-31-23(25-18)15-7-2-1-3-8-15)24-17-10-5-4-9-16(17)13-20-26-21(27-29-20)19-11-6-12-30-19/h1-12,14H,13H2,(H,24,28). The van der Waals surface area contributed by atoms with Crippen molar-refractivity contribution in [2.24, 2.45) is 0 Å². The number of aromatic nitrogens is 3. The SMILES string of the molecule is O=C(Nc1ccccc1Cc1nc(-c2cccs2)no1)c1csc(-c2ccccc2)n1. The summed E-state index contributed by atoms with van der Waals surface area (Å²) in [5.41, 5.74) is 2.95. The highest BCUT2D eigenvalue weighted by Gasteiger charge is 2.16. The van der Waals surface area contributed by atoms with Gasteiger partial charge in [-0.25, -0.2) is 4.98 Å². The zero-order valence-corrected chi connectivity index (χ0v) is 17.8. The summed E-state index contributed by atoms with van der Waals surface area (Å²) in [5, 5.41) is 11.6. The summed E-state index contributed by atoms with van der Waals surface area (Å²) in [6, 6.07) is 21.3. The van der Waals surface area contributed by atoms with Crippen molar-refractivity contribution in [1.29, 1.82) is 0 Å². The van der Waals surface area contributed by atoms with Gasteiger partial charge in [-0.3, -0.25) is 4.79 Å². The van der Waals surface area contributed by atoms with Crippen LogP contribution in [0.2, 0.25) is 0 Å². The van der Waals surface area contributed by atoms with Crippen LogP contribution in [-0.4, -0.2) is 21.0 Å². The van der Waals surface area contributed by atoms with Crippen molar-refractivity contribution in [1.82, 2.24) is 15.1 Å². The summed E-state index contributed by atoms with van der Waals surface area (Å²) in [4.78, 5) is 22.7. The Bertz CT molecular complexity index is 1310. The Morgan fingerprint density at radius 1 is 0.935 bits per heavy atom. The summed E-state index contributed by atoms with van der Waals surface area (Å²) in [6.45, 7) is 0. The monoisotopic (exact) mass is 444 g/mol. The number of nitrogens with zero attached hydrogens (tertiary/aromatic N) is 3. The minimum Gasteiger partial charge on any atom is -0.339 e. The number of carbonyl (C=O) groups is 1. The molecule has 0 saturated heterocycles. The Kier molecular flexibility index (Phi) is 5.39. The van der Waals surface area contributed by atoms with E-state index in [1.807, 2.05) is 72.1 Å². The molecule has 0 saturated carbocycles. The molecule has 5 aromatic rings. The van der Waals surface area contributed by atoms with Crippen LogP contribution in [0.1, 0.15) is 21.9 Å². The number of hydrogen-bond acceptors (Lipinski definition) is 7. The number of thiazole rings is 1. The summed E-state index contributed by atoms with van der Waals surface area (Å²) >= 11 is 3.00. The molecule has 5 rings (SSSR count). The fourth-order valence-electron chi connectivity index (χ4n) is 3.07. The number of nitrogens with one attached hydrogen (secondary N) is 1. The van der Waals surface area contributed by atoms with Gasteiger partial charge in [0.05, 0.1) is 11.3 Å². The molecular formula is C23H16N4O2S2. The van der Waals surface area contributed by atoms with Crippen molar-refractivity contribution in [2.75, 3.05) is 5.32 Å². The Morgan fingerprint density at radius 2 is 1.77 bits per heavy atom. The fraction of sp³-hybridized carbons (Fsp3) is 0.0435. The average molecular weight is 445 g/mol. The minimum atomic E-state index is -0.254. The maximum Gasteiger partial charge on any atom is 0.275 e. The molecular weight excluding hydrogens is 428 g/mol. The van der Waals surface area contributed by atoms with Gasteiger partial charge in [-0.05, 0) is 23.1 Å². The summed E-state index contributed by atoms with van der Waals surface area (Å²) in [7, 11) is 0. The van der Waals surface area contributed by atoms with Crippen LogP contribution in [0.5, 0.6) is 0 Å². The number of thiophene rings is 1. The lowest BCUT2D eigenvalue weighted by Crippen LogP contribution is -2.13. The molecule has 0 aliphatic heterocycles. The largest absolute Gasteiger partial charge is 0.339 e. The van der Waals surface area contributed by atoms with Gasteiger partial charge < -0.3 is 9.84 Å². The van der Waals surface area contributed by atoms with Crippen molar-refractivity contribution in [2.45, 2.75) is 6.42 Å². The van der Waals surface area contributed by atoms with Gasteiger partial charge >= 0.3 is 0 Å². The lowest BCUT2D eigenvalue weighted by Gasteiger charge is -2.08. The van der Waals surface area contributed by atoms with Crippen LogP contribution in [-0.2, 0) is 6.42 Å². The number of rotatable bonds is 6. The number of anilines is 1. The molecule has 3 heterocycles. The number of amides is 1. The summed E-state index contributed by atoms with van der Waals surface area (Å²) in [6.07, 6.45) is 0.418. The van der Waals surface area contributed by atoms with Gasteiger partial charge in [0.15, 0.2) is 0 Å². The topological polar surface area (TPSA) is 80.9 Å². The lowest BCUT2D eigenvalue weighted by atomic mass is 10.1. The third-order valence-electron chi connectivity index (χ3n) is 4.57. The Hall–Kier alpha value is -3.62. The van der Waals surface area contributed by atoms with Gasteiger partial charge in [0.2, 0.25) is 11.7 Å². The second-order valence-corrected chi connectivity index (χ2v) is 8.49. The molecule has 0 fully saturated rings. The zero-order valence-electron chi connectivity index (χ0n) is 16.2. The van der Waals surface area contributed by atoms with Crippen LogP contribution < -0.4 is 5.32 Å². The highest BCUT2D eigenvalue weighted by atomic mass is 32.1. The highest BCUT2D eigenvalue weighted by Crippen LogP contribution is 2.26. The molecule has 0 aliphatic rings. The van der Waals surface area contributed by atoms with Crippen LogP contribution in [0, 0.1) is 0 Å². The molecule has 6 nitrogen and oxygen atoms in total. The molecule has 0 atom stereocenters. The van der Waals surface area contributed by atoms with E-state index in [0.29, 0.717) is 29.5 Å². The van der Waals surface area contributed by atoms with E-state index in [9.17, 15) is 4.79 Å². The average Bonchev–Trinajstić information content (AvgIpc) is 3.57. The first-order chi connectivity index (χ1) is 15.3. The molecule has 0 radical (unpaired) electrons. The predicted molar refractivity (Wildman–Crippen MR) is 122 cm³/mol. The van der Waals surface area contributed by atoms with Crippen molar-refractivity contribution < 1.29 is 9.32 Å². The van der Waals surface area contributed by atoms with Gasteiger partial charge in [0.25, 0.3) is 5.91 Å². The second kappa shape index (κ2) is 8.63. The minimum absolute atomic E-state index is 0.254. The quantitative estimate of drug-likeness (QED) is 0.360. The highest BCUT2D eigenvalue weighted by molar-refractivity contribution is 7.13. The molecule has 8 heteroatoms. The predicted octanol–water partition coefficient (Wildman–Crippen LogP) is 5.76. The van der Waals surface area contributed by atoms with Gasteiger partial charge in [0.1, 0.15) is 10.7 Å². The van der Waals surface area contributed by atoms with Crippen LogP contribution in [0.15, 0.2) is 82.0 Å². The van der Waals surface area contributed by atoms with Gasteiger partial charge in [-0.1, -0.05) is 59.8 Å². The maximum absolute atomic E-state index is 12.8. The molecule has 152 valence electrons. The molecule has 0 bridgehead atoms. The Morgan fingerprint density at radius 3 is 2.61 bits per heavy atom. The Balaban J connectivity index is 1.33. The van der Waals surface area contributed by atoms with E-state index in [4.69, 9.17) is 4.52 Å². The van der Waals surface area contributed by atoms with Crippen molar-refractivity contribution in [3.8, 4) is 21.3 Å². The van der Waals surface area contributed by atoms with Crippen molar-refractivity contribution >= 4 is 34.3 Å². The van der Waals surface area contributed by atoms with E-state index in [1.165, 1.54) is 11.3 Å². The molecule has 0 unspecified atom stereocenters. The third kappa shape index (κ3) is 4.30. The van der Waals surface area contributed by atoms with Crippen LogP contribution in [0.3, 0.4) is 0 Å². The van der Waals surface area contributed by atoms with Crippen molar-refractivity contribution in [3.05, 3.63) is 94.6 Å². The van der Waals surface area contributed by atoms with Gasteiger partial charge in [-0.2, -0.15) is 4.98 Å². The molecule has 0 spiro atoms. The summed E-state index contributed by atoms with van der Waals surface area (Å²) in [5.74, 6) is 0.809. The normalized spacial score (nSPS) is 10.8. The Labute approximate surface area is 186 Å². The van der Waals surface area contributed by atoms with Crippen LogP contribution in [0.4, 0.5) is 5.69 Å². The number of para-hydroxylation sites is 1. The first-order valence-corrected chi connectivity index (χ1v) is 11.3. The smallest absolute Gasteiger partial charge is 0.275 e. The molecule has 0 aliphatic carbocycles. The number of hydrogen-bond donors (Lipinski definition) is 1. The van der Waals surface area contributed by atoms with Crippen LogP contribution >= 0.6 is 22.7 Å². The molecule has 1 amide bonds. The summed E-state index contributed by atoms with van der Waals surface area (Å²) < 4.78 is 5.41. The molecule has 2 aromatic carbocycles. The van der Waals surface area contributed by atoms with E-state index in [2.05, 4.69) is 20.4 Å². The van der Waals surface area contributed by atoms with Crippen molar-refractivity contribution in [3.63, 3.8) is 0 Å². The van der Waals surface area contributed by atoms with Gasteiger partial charge in [0, 0.05) is 16.6 Å². The van der Waals surface area contributed by atoms with Gasteiger partial charge in [-0.15, -0.1) is 22.7 Å².